The van der Waals surface area contributed by atoms with Crippen molar-refractivity contribution in [1.29, 1.82) is 0 Å². The summed E-state index contributed by atoms with van der Waals surface area (Å²) >= 11 is 0. The molecule has 0 radical (unpaired) electrons. The Kier molecular flexibility index (Phi) is 3.36. The van der Waals surface area contributed by atoms with Crippen LogP contribution in [0.2, 0.25) is 0 Å². The van der Waals surface area contributed by atoms with Gasteiger partial charge in [0.05, 0.1) is 0 Å². The van der Waals surface area contributed by atoms with Gasteiger partial charge in [-0.05, 0) is 17.0 Å². The summed E-state index contributed by atoms with van der Waals surface area (Å²) in [6.45, 7) is 4.29. The van der Waals surface area contributed by atoms with Gasteiger partial charge in [-0.3, -0.25) is 0 Å². The highest BCUT2D eigenvalue weighted by molar-refractivity contribution is 5.33. The fraction of sp³-hybridized carbons (Fsp3) is 0.333. The van der Waals surface area contributed by atoms with Crippen molar-refractivity contribution < 1.29 is 9.84 Å². The van der Waals surface area contributed by atoms with Gasteiger partial charge in [0.25, 0.3) is 0 Å². The van der Waals surface area contributed by atoms with E-state index in [0.717, 1.165) is 11.1 Å². The van der Waals surface area contributed by atoms with Crippen molar-refractivity contribution in [2.45, 2.75) is 31.7 Å². The molecular weight excluding hydrogens is 248 g/mol. The molecule has 1 heterocycles. The minimum absolute atomic E-state index is 0.174. The molecule has 1 saturated heterocycles. The first-order valence-electron chi connectivity index (χ1n) is 7.12. The van der Waals surface area contributed by atoms with Gasteiger partial charge in [0.1, 0.15) is 17.8 Å². The second-order valence-electron chi connectivity index (χ2n) is 5.71. The summed E-state index contributed by atoms with van der Waals surface area (Å²) in [7, 11) is 0. The Morgan fingerprint density at radius 3 is 2.05 bits per heavy atom. The third kappa shape index (κ3) is 2.05. The largest absolute Gasteiger partial charge is 0.386 e. The van der Waals surface area contributed by atoms with Gasteiger partial charge in [-0.15, -0.1) is 0 Å². The number of ether oxygens (including phenoxy) is 1. The number of hydrogen-bond donors (Lipinski definition) is 1. The number of epoxide rings is 1. The zero-order valence-electron chi connectivity index (χ0n) is 11.9. The maximum atomic E-state index is 10.6. The van der Waals surface area contributed by atoms with E-state index < -0.39 is 6.10 Å². The Bertz CT molecular complexity index is 564. The maximum Gasteiger partial charge on any atom is 0.125 e. The second kappa shape index (κ2) is 5.04. The third-order valence-corrected chi connectivity index (χ3v) is 4.20. The van der Waals surface area contributed by atoms with Crippen LogP contribution in [0.4, 0.5) is 0 Å². The van der Waals surface area contributed by atoms with E-state index in [0.29, 0.717) is 5.92 Å². The molecule has 3 rings (SSSR count). The minimum Gasteiger partial charge on any atom is -0.386 e. The number of aliphatic hydroxyl groups is 1. The van der Waals surface area contributed by atoms with Crippen molar-refractivity contribution in [2.24, 2.45) is 5.92 Å². The Balaban J connectivity index is 1.90. The van der Waals surface area contributed by atoms with E-state index in [9.17, 15) is 5.11 Å². The van der Waals surface area contributed by atoms with Crippen molar-refractivity contribution in [3.63, 3.8) is 0 Å². The molecule has 3 atom stereocenters. The standard InChI is InChI=1S/C18H20O2/c1-13(2)18(15-11-7-4-8-12-15)17(20-18)16(19)14-9-5-3-6-10-14/h3-13,16-17,19H,1-2H3/t16-,17-,18+/m0/s1. The predicted molar refractivity (Wildman–Crippen MR) is 79.2 cm³/mol. The van der Waals surface area contributed by atoms with E-state index in [2.05, 4.69) is 26.0 Å². The topological polar surface area (TPSA) is 32.8 Å². The van der Waals surface area contributed by atoms with Crippen LogP contribution in [0.3, 0.4) is 0 Å². The van der Waals surface area contributed by atoms with E-state index >= 15 is 0 Å². The molecule has 20 heavy (non-hydrogen) atoms. The first-order valence-corrected chi connectivity index (χ1v) is 7.12. The molecule has 0 unspecified atom stereocenters. The second-order valence-corrected chi connectivity index (χ2v) is 5.71. The fourth-order valence-electron chi connectivity index (χ4n) is 3.03. The lowest BCUT2D eigenvalue weighted by atomic mass is 9.82. The molecule has 0 aliphatic carbocycles. The van der Waals surface area contributed by atoms with Crippen LogP contribution in [0.5, 0.6) is 0 Å². The molecular formula is C18H20O2. The normalized spacial score (nSPS) is 26.5. The summed E-state index contributed by atoms with van der Waals surface area (Å²) < 4.78 is 6.02. The average Bonchev–Trinajstić information content (AvgIpc) is 3.25. The summed E-state index contributed by atoms with van der Waals surface area (Å²) in [5.41, 5.74) is 1.70. The average molecular weight is 268 g/mol. The third-order valence-electron chi connectivity index (χ3n) is 4.20. The molecule has 0 bridgehead atoms. The van der Waals surface area contributed by atoms with Crippen LogP contribution in [0.25, 0.3) is 0 Å². The first-order chi connectivity index (χ1) is 9.66. The van der Waals surface area contributed by atoms with Crippen molar-refractivity contribution in [2.75, 3.05) is 0 Å². The molecule has 0 spiro atoms. The molecule has 1 fully saturated rings. The van der Waals surface area contributed by atoms with Gasteiger partial charge >= 0.3 is 0 Å². The Morgan fingerprint density at radius 1 is 0.950 bits per heavy atom. The minimum atomic E-state index is -0.584. The summed E-state index contributed by atoms with van der Waals surface area (Å²) in [5, 5.41) is 10.6. The molecule has 2 aromatic carbocycles. The van der Waals surface area contributed by atoms with Crippen LogP contribution in [-0.4, -0.2) is 11.2 Å². The molecule has 2 aromatic rings. The van der Waals surface area contributed by atoms with Crippen LogP contribution in [0, 0.1) is 5.92 Å². The van der Waals surface area contributed by atoms with Gasteiger partial charge in [-0.25, -0.2) is 0 Å². The Morgan fingerprint density at radius 2 is 1.50 bits per heavy atom. The number of hydrogen-bond acceptors (Lipinski definition) is 2. The van der Waals surface area contributed by atoms with Gasteiger partial charge in [0.2, 0.25) is 0 Å². The van der Waals surface area contributed by atoms with Gasteiger partial charge in [-0.1, -0.05) is 74.5 Å². The first kappa shape index (κ1) is 13.3. The zero-order valence-corrected chi connectivity index (χ0v) is 11.9. The van der Waals surface area contributed by atoms with Gasteiger partial charge in [-0.2, -0.15) is 0 Å². The van der Waals surface area contributed by atoms with Crippen LogP contribution >= 0.6 is 0 Å². The number of rotatable bonds is 4. The Hall–Kier alpha value is -1.64. The van der Waals surface area contributed by atoms with Crippen LogP contribution in [0.15, 0.2) is 60.7 Å². The number of benzene rings is 2. The summed E-state index contributed by atoms with van der Waals surface area (Å²) in [6.07, 6.45) is -0.758. The van der Waals surface area contributed by atoms with E-state index in [4.69, 9.17) is 4.74 Å². The van der Waals surface area contributed by atoms with Gasteiger partial charge in [0.15, 0.2) is 0 Å². The summed E-state index contributed by atoms with van der Waals surface area (Å²) in [4.78, 5) is 0. The lowest BCUT2D eigenvalue weighted by molar-refractivity contribution is 0.136. The van der Waals surface area contributed by atoms with Crippen molar-refractivity contribution in [1.82, 2.24) is 0 Å². The molecule has 1 aliphatic rings. The highest BCUT2D eigenvalue weighted by Crippen LogP contribution is 2.56. The predicted octanol–water partition coefficient (Wildman–Crippen LogP) is 3.67. The zero-order chi connectivity index (χ0) is 14.2. The molecule has 0 amide bonds. The van der Waals surface area contributed by atoms with Crippen LogP contribution < -0.4 is 0 Å². The van der Waals surface area contributed by atoms with Crippen LogP contribution in [-0.2, 0) is 10.3 Å². The molecule has 0 saturated carbocycles. The van der Waals surface area contributed by atoms with E-state index in [1.54, 1.807) is 0 Å². The number of aliphatic hydroxyl groups excluding tert-OH is 1. The molecule has 1 N–H and O–H groups in total. The van der Waals surface area contributed by atoms with Gasteiger partial charge in [0, 0.05) is 0 Å². The van der Waals surface area contributed by atoms with Crippen molar-refractivity contribution in [3.05, 3.63) is 71.8 Å². The highest BCUT2D eigenvalue weighted by Gasteiger charge is 2.62. The molecule has 0 aromatic heterocycles. The van der Waals surface area contributed by atoms with E-state index in [-0.39, 0.29) is 11.7 Å². The monoisotopic (exact) mass is 268 g/mol. The molecule has 1 aliphatic heterocycles. The van der Waals surface area contributed by atoms with Crippen LogP contribution in [0.1, 0.15) is 31.1 Å². The lowest BCUT2D eigenvalue weighted by Gasteiger charge is -2.19. The highest BCUT2D eigenvalue weighted by atomic mass is 16.6. The smallest absolute Gasteiger partial charge is 0.125 e. The Labute approximate surface area is 120 Å². The van der Waals surface area contributed by atoms with Crippen molar-refractivity contribution in [3.8, 4) is 0 Å². The maximum absolute atomic E-state index is 10.6. The summed E-state index contributed by atoms with van der Waals surface area (Å²) in [6, 6.07) is 19.9. The fourth-order valence-corrected chi connectivity index (χ4v) is 3.03. The molecule has 2 heteroatoms. The molecule has 2 nitrogen and oxygen atoms in total. The quantitative estimate of drug-likeness (QED) is 0.858. The van der Waals surface area contributed by atoms with Crippen molar-refractivity contribution >= 4 is 0 Å². The van der Waals surface area contributed by atoms with E-state index in [1.165, 1.54) is 0 Å². The lowest BCUT2D eigenvalue weighted by Crippen LogP contribution is -2.23. The molecule has 104 valence electrons. The summed E-state index contributed by atoms with van der Waals surface area (Å²) in [5.74, 6) is 0.313. The van der Waals surface area contributed by atoms with Gasteiger partial charge < -0.3 is 9.84 Å². The van der Waals surface area contributed by atoms with E-state index in [1.807, 2.05) is 48.5 Å². The SMILES string of the molecule is CC(C)[C@]1(c2ccccc2)O[C@H]1[C@@H](O)c1ccccc1.